The third-order valence-electron chi connectivity index (χ3n) is 4.13. The van der Waals surface area contributed by atoms with Gasteiger partial charge in [-0.05, 0) is 24.0 Å². The van der Waals surface area contributed by atoms with Crippen LogP contribution in [-0.2, 0) is 26.9 Å². The van der Waals surface area contributed by atoms with Gasteiger partial charge in [0.2, 0.25) is 5.91 Å². The van der Waals surface area contributed by atoms with Crippen molar-refractivity contribution in [3.05, 3.63) is 35.4 Å². The largest absolute Gasteiger partial charge is 0.352 e. The smallest absolute Gasteiger partial charge is 0.227 e. The summed E-state index contributed by atoms with van der Waals surface area (Å²) in [4.78, 5) is 12.3. The molecule has 0 atom stereocenters. The van der Waals surface area contributed by atoms with E-state index in [1.54, 1.807) is 12.1 Å². The van der Waals surface area contributed by atoms with Crippen molar-refractivity contribution < 1.29 is 13.2 Å². The Kier molecular flexibility index (Phi) is 6.56. The van der Waals surface area contributed by atoms with Crippen LogP contribution in [0.4, 0.5) is 0 Å². The highest BCUT2D eigenvalue weighted by molar-refractivity contribution is 7.89. The standard InChI is InChI=1S/C16H26N2O3S/c1-4-16(5-2,12-17)15(19)18-10-13-6-8-14(9-7-13)11-22(3,20)21/h6-9H,4-5,10-12,17H2,1-3H3,(H,18,19). The molecule has 0 heterocycles. The lowest BCUT2D eigenvalue weighted by Gasteiger charge is -2.28. The second kappa shape index (κ2) is 7.74. The van der Waals surface area contributed by atoms with Gasteiger partial charge in [-0.2, -0.15) is 0 Å². The maximum atomic E-state index is 12.3. The van der Waals surface area contributed by atoms with Crippen molar-refractivity contribution in [1.82, 2.24) is 5.32 Å². The number of hydrogen-bond donors (Lipinski definition) is 2. The van der Waals surface area contributed by atoms with Gasteiger partial charge < -0.3 is 11.1 Å². The number of rotatable bonds is 8. The molecule has 124 valence electrons. The fourth-order valence-corrected chi connectivity index (χ4v) is 3.18. The predicted octanol–water partition coefficient (Wildman–Crippen LogP) is 1.61. The lowest BCUT2D eigenvalue weighted by Crippen LogP contribution is -2.45. The number of carbonyl (C=O) groups excluding carboxylic acids is 1. The first-order chi connectivity index (χ1) is 10.3. The molecule has 1 amide bonds. The Balaban J connectivity index is 2.67. The summed E-state index contributed by atoms with van der Waals surface area (Å²) in [6, 6.07) is 7.22. The van der Waals surface area contributed by atoms with Crippen molar-refractivity contribution in [3.8, 4) is 0 Å². The third kappa shape index (κ3) is 5.10. The van der Waals surface area contributed by atoms with Crippen LogP contribution < -0.4 is 11.1 Å². The first-order valence-electron chi connectivity index (χ1n) is 7.50. The van der Waals surface area contributed by atoms with Gasteiger partial charge in [0.1, 0.15) is 0 Å². The minimum absolute atomic E-state index is 0.0276. The van der Waals surface area contributed by atoms with Gasteiger partial charge in [-0.1, -0.05) is 38.1 Å². The van der Waals surface area contributed by atoms with Crippen LogP contribution in [0.3, 0.4) is 0 Å². The zero-order valence-corrected chi connectivity index (χ0v) is 14.4. The number of nitrogens with one attached hydrogen (secondary N) is 1. The molecule has 0 saturated carbocycles. The number of nitrogens with two attached hydrogens (primary N) is 1. The zero-order chi connectivity index (χ0) is 16.8. The summed E-state index contributed by atoms with van der Waals surface area (Å²) < 4.78 is 22.5. The SMILES string of the molecule is CCC(CC)(CN)C(=O)NCc1ccc(CS(C)(=O)=O)cc1. The van der Waals surface area contributed by atoms with E-state index in [1.807, 2.05) is 26.0 Å². The molecule has 1 rings (SSSR count). The van der Waals surface area contributed by atoms with Crippen LogP contribution >= 0.6 is 0 Å². The summed E-state index contributed by atoms with van der Waals surface area (Å²) in [6.07, 6.45) is 2.63. The quantitative estimate of drug-likeness (QED) is 0.759. The molecule has 0 radical (unpaired) electrons. The number of benzene rings is 1. The molecule has 0 bridgehead atoms. The average molecular weight is 326 g/mol. The van der Waals surface area contributed by atoms with Gasteiger partial charge in [0.25, 0.3) is 0 Å². The van der Waals surface area contributed by atoms with Crippen molar-refractivity contribution in [2.75, 3.05) is 12.8 Å². The summed E-state index contributed by atoms with van der Waals surface area (Å²) in [7, 11) is -3.03. The van der Waals surface area contributed by atoms with Crippen molar-refractivity contribution in [1.29, 1.82) is 0 Å². The van der Waals surface area contributed by atoms with Crippen LogP contribution in [0.25, 0.3) is 0 Å². The molecule has 5 nitrogen and oxygen atoms in total. The Labute approximate surface area is 133 Å². The van der Waals surface area contributed by atoms with Crippen molar-refractivity contribution in [3.63, 3.8) is 0 Å². The van der Waals surface area contributed by atoms with Gasteiger partial charge in [0.15, 0.2) is 9.84 Å². The second-order valence-corrected chi connectivity index (χ2v) is 7.90. The minimum Gasteiger partial charge on any atom is -0.352 e. The topological polar surface area (TPSA) is 89.3 Å². The molecule has 0 aliphatic heterocycles. The first-order valence-corrected chi connectivity index (χ1v) is 9.56. The normalized spacial score (nSPS) is 12.2. The summed E-state index contributed by atoms with van der Waals surface area (Å²) in [5.41, 5.74) is 6.94. The fraction of sp³-hybridized carbons (Fsp3) is 0.562. The van der Waals surface area contributed by atoms with E-state index >= 15 is 0 Å². The second-order valence-electron chi connectivity index (χ2n) is 5.76. The lowest BCUT2D eigenvalue weighted by molar-refractivity contribution is -0.131. The zero-order valence-electron chi connectivity index (χ0n) is 13.6. The molecule has 1 aromatic carbocycles. The van der Waals surface area contributed by atoms with E-state index < -0.39 is 15.3 Å². The number of hydrogen-bond acceptors (Lipinski definition) is 4. The number of carbonyl (C=O) groups is 1. The van der Waals surface area contributed by atoms with Crippen molar-refractivity contribution in [2.45, 2.75) is 39.0 Å². The summed E-state index contributed by atoms with van der Waals surface area (Å²) in [5.74, 6) is 0.00178. The van der Waals surface area contributed by atoms with Crippen LogP contribution in [-0.4, -0.2) is 27.1 Å². The van der Waals surface area contributed by atoms with E-state index in [2.05, 4.69) is 5.32 Å². The van der Waals surface area contributed by atoms with E-state index in [1.165, 1.54) is 6.26 Å². The summed E-state index contributed by atoms with van der Waals surface area (Å²) in [6.45, 7) is 4.69. The Morgan fingerprint density at radius 3 is 2.05 bits per heavy atom. The van der Waals surface area contributed by atoms with Crippen LogP contribution in [0.1, 0.15) is 37.8 Å². The maximum absolute atomic E-state index is 12.3. The molecule has 0 unspecified atom stereocenters. The van der Waals surface area contributed by atoms with Gasteiger partial charge in [-0.3, -0.25) is 4.79 Å². The Bertz CT molecular complexity index is 582. The minimum atomic E-state index is -3.03. The third-order valence-corrected chi connectivity index (χ3v) is 4.99. The maximum Gasteiger partial charge on any atom is 0.227 e. The molecule has 0 spiro atoms. The first kappa shape index (κ1) is 18.6. The van der Waals surface area contributed by atoms with Crippen molar-refractivity contribution >= 4 is 15.7 Å². The van der Waals surface area contributed by atoms with E-state index in [-0.39, 0.29) is 11.7 Å². The molecular formula is C16H26N2O3S. The molecule has 1 aromatic rings. The van der Waals surface area contributed by atoms with Gasteiger partial charge in [-0.25, -0.2) is 8.42 Å². The Morgan fingerprint density at radius 1 is 1.14 bits per heavy atom. The van der Waals surface area contributed by atoms with E-state index in [9.17, 15) is 13.2 Å². The average Bonchev–Trinajstić information content (AvgIpc) is 2.47. The summed E-state index contributed by atoms with van der Waals surface area (Å²) >= 11 is 0. The van der Waals surface area contributed by atoms with Gasteiger partial charge in [0, 0.05) is 19.3 Å². The predicted molar refractivity (Wildman–Crippen MR) is 88.9 cm³/mol. The molecule has 0 fully saturated rings. The molecule has 22 heavy (non-hydrogen) atoms. The highest BCUT2D eigenvalue weighted by atomic mass is 32.2. The molecule has 0 aliphatic carbocycles. The van der Waals surface area contributed by atoms with Gasteiger partial charge in [0.05, 0.1) is 11.2 Å². The molecule has 0 aliphatic rings. The highest BCUT2D eigenvalue weighted by Crippen LogP contribution is 2.25. The molecular weight excluding hydrogens is 300 g/mol. The van der Waals surface area contributed by atoms with Crippen LogP contribution in [0.15, 0.2) is 24.3 Å². The molecule has 3 N–H and O–H groups in total. The Hall–Kier alpha value is -1.40. The molecule has 6 heteroatoms. The molecule has 0 saturated heterocycles. The summed E-state index contributed by atoms with van der Waals surface area (Å²) in [5, 5.41) is 2.92. The van der Waals surface area contributed by atoms with E-state index in [4.69, 9.17) is 5.73 Å². The fourth-order valence-electron chi connectivity index (χ4n) is 2.38. The highest BCUT2D eigenvalue weighted by Gasteiger charge is 2.32. The van der Waals surface area contributed by atoms with E-state index in [0.29, 0.717) is 25.9 Å². The monoisotopic (exact) mass is 326 g/mol. The van der Waals surface area contributed by atoms with Crippen LogP contribution in [0.5, 0.6) is 0 Å². The van der Waals surface area contributed by atoms with Gasteiger partial charge in [-0.15, -0.1) is 0 Å². The van der Waals surface area contributed by atoms with Crippen LogP contribution in [0.2, 0.25) is 0 Å². The number of amides is 1. The van der Waals surface area contributed by atoms with Crippen molar-refractivity contribution in [2.24, 2.45) is 11.1 Å². The van der Waals surface area contributed by atoms with E-state index in [0.717, 1.165) is 11.1 Å². The van der Waals surface area contributed by atoms with Gasteiger partial charge >= 0.3 is 0 Å². The number of sulfone groups is 1. The lowest BCUT2D eigenvalue weighted by atomic mass is 9.81. The van der Waals surface area contributed by atoms with Crippen LogP contribution in [0, 0.1) is 5.41 Å². The Morgan fingerprint density at radius 2 is 1.64 bits per heavy atom. The molecule has 0 aromatic heterocycles.